The molecule has 1 aromatic carbocycles. The highest BCUT2D eigenvalue weighted by atomic mass is 19.4. The highest BCUT2D eigenvalue weighted by Gasteiger charge is 2.33. The molecular weight excluding hydrogens is 327 g/mol. The molecule has 1 aliphatic rings. The number of para-hydroxylation sites is 1. The van der Waals surface area contributed by atoms with Crippen LogP contribution in [0.4, 0.5) is 18.0 Å². The lowest BCUT2D eigenvalue weighted by Gasteiger charge is -2.19. The fourth-order valence-corrected chi connectivity index (χ4v) is 2.86. The van der Waals surface area contributed by atoms with Crippen LogP contribution in [0.1, 0.15) is 24.6 Å². The van der Waals surface area contributed by atoms with Crippen molar-refractivity contribution in [2.75, 3.05) is 6.54 Å². The second-order valence-electron chi connectivity index (χ2n) is 5.39. The van der Waals surface area contributed by atoms with E-state index in [0.29, 0.717) is 18.7 Å². The van der Waals surface area contributed by atoms with Crippen LogP contribution in [0, 0.1) is 0 Å². The first-order chi connectivity index (χ1) is 11.3. The Bertz CT molecular complexity index is 745. The van der Waals surface area contributed by atoms with E-state index in [2.05, 4.69) is 14.9 Å². The lowest BCUT2D eigenvalue weighted by Crippen LogP contribution is -2.28. The fraction of sp³-hybridized carbons (Fsp3) is 0.333. The van der Waals surface area contributed by atoms with Gasteiger partial charge in [0.15, 0.2) is 0 Å². The van der Waals surface area contributed by atoms with Gasteiger partial charge in [0, 0.05) is 12.1 Å². The Morgan fingerprint density at radius 1 is 1.38 bits per heavy atom. The summed E-state index contributed by atoms with van der Waals surface area (Å²) in [5, 5.41) is 15.9. The molecule has 128 valence electrons. The van der Waals surface area contributed by atoms with Crippen LogP contribution in [0.25, 0.3) is 11.3 Å². The maximum absolute atomic E-state index is 12.5. The number of rotatable bonds is 3. The smallest absolute Gasteiger partial charge is 0.465 e. The van der Waals surface area contributed by atoms with Crippen molar-refractivity contribution < 1.29 is 27.8 Å². The first-order valence-corrected chi connectivity index (χ1v) is 7.25. The van der Waals surface area contributed by atoms with Crippen molar-refractivity contribution in [1.82, 2.24) is 15.1 Å². The minimum absolute atomic E-state index is 0.178. The van der Waals surface area contributed by atoms with Crippen LogP contribution in [0.2, 0.25) is 0 Å². The number of amides is 1. The Balaban J connectivity index is 1.90. The third-order valence-electron chi connectivity index (χ3n) is 3.84. The average molecular weight is 341 g/mol. The van der Waals surface area contributed by atoms with Crippen LogP contribution in [-0.2, 0) is 0 Å². The molecule has 1 atom stereocenters. The summed E-state index contributed by atoms with van der Waals surface area (Å²) in [7, 11) is 0. The summed E-state index contributed by atoms with van der Waals surface area (Å²) in [6.45, 7) is 0.419. The number of carbonyl (C=O) groups is 1. The van der Waals surface area contributed by atoms with Gasteiger partial charge in [-0.2, -0.15) is 5.10 Å². The third-order valence-corrected chi connectivity index (χ3v) is 3.84. The molecule has 0 saturated carbocycles. The van der Waals surface area contributed by atoms with Crippen LogP contribution >= 0.6 is 0 Å². The van der Waals surface area contributed by atoms with Crippen LogP contribution in [0.3, 0.4) is 0 Å². The predicted molar refractivity (Wildman–Crippen MR) is 77.4 cm³/mol. The zero-order valence-corrected chi connectivity index (χ0v) is 12.4. The maximum atomic E-state index is 12.5. The molecule has 1 saturated heterocycles. The largest absolute Gasteiger partial charge is 0.573 e. The Morgan fingerprint density at radius 3 is 2.83 bits per heavy atom. The van der Waals surface area contributed by atoms with Gasteiger partial charge in [0.2, 0.25) is 0 Å². The van der Waals surface area contributed by atoms with Gasteiger partial charge < -0.3 is 9.84 Å². The fourth-order valence-electron chi connectivity index (χ4n) is 2.86. The quantitative estimate of drug-likeness (QED) is 0.890. The molecule has 0 bridgehead atoms. The van der Waals surface area contributed by atoms with Crippen molar-refractivity contribution in [2.45, 2.75) is 25.2 Å². The van der Waals surface area contributed by atoms with Gasteiger partial charge in [0.1, 0.15) is 5.75 Å². The molecule has 0 unspecified atom stereocenters. The molecule has 1 aromatic heterocycles. The average Bonchev–Trinajstić information content (AvgIpc) is 3.15. The first kappa shape index (κ1) is 16.2. The number of nitrogens with zero attached hydrogens (tertiary/aromatic N) is 2. The molecule has 0 spiro atoms. The molecule has 1 fully saturated rings. The Hall–Kier alpha value is -2.71. The van der Waals surface area contributed by atoms with Gasteiger partial charge >= 0.3 is 12.5 Å². The minimum atomic E-state index is -4.80. The number of hydrogen-bond donors (Lipinski definition) is 2. The van der Waals surface area contributed by atoms with Gasteiger partial charge in [0.05, 0.1) is 17.4 Å². The third kappa shape index (κ3) is 3.29. The molecule has 2 aromatic rings. The number of H-pyrrole nitrogens is 1. The normalized spacial score (nSPS) is 18.0. The van der Waals surface area contributed by atoms with Crippen LogP contribution in [-0.4, -0.2) is 39.2 Å². The number of carboxylic acid groups (broad SMARTS) is 1. The summed E-state index contributed by atoms with van der Waals surface area (Å²) >= 11 is 0. The zero-order chi connectivity index (χ0) is 17.3. The summed E-state index contributed by atoms with van der Waals surface area (Å²) in [6, 6.07) is 6.86. The van der Waals surface area contributed by atoms with Crippen molar-refractivity contribution in [1.29, 1.82) is 0 Å². The molecule has 0 radical (unpaired) electrons. The summed E-state index contributed by atoms with van der Waals surface area (Å²) in [4.78, 5) is 12.5. The van der Waals surface area contributed by atoms with Crippen LogP contribution in [0.15, 0.2) is 30.3 Å². The van der Waals surface area contributed by atoms with E-state index in [0.717, 1.165) is 6.42 Å². The van der Waals surface area contributed by atoms with E-state index in [1.54, 1.807) is 12.1 Å². The van der Waals surface area contributed by atoms with E-state index in [-0.39, 0.29) is 23.0 Å². The molecule has 9 heteroatoms. The number of hydrogen-bond acceptors (Lipinski definition) is 3. The molecule has 0 aliphatic carbocycles. The van der Waals surface area contributed by atoms with Gasteiger partial charge in [-0.15, -0.1) is 13.2 Å². The van der Waals surface area contributed by atoms with Gasteiger partial charge in [-0.25, -0.2) is 4.79 Å². The number of likely N-dealkylation sites (tertiary alicyclic amines) is 1. The van der Waals surface area contributed by atoms with Crippen molar-refractivity contribution in [2.24, 2.45) is 0 Å². The molecule has 1 aliphatic heterocycles. The first-order valence-electron chi connectivity index (χ1n) is 7.25. The summed E-state index contributed by atoms with van der Waals surface area (Å²) in [6.07, 6.45) is -4.48. The van der Waals surface area contributed by atoms with E-state index in [1.165, 1.54) is 23.1 Å². The highest BCUT2D eigenvalue weighted by molar-refractivity contribution is 5.68. The molecule has 24 heavy (non-hydrogen) atoms. The molecule has 2 N–H and O–H groups in total. The van der Waals surface area contributed by atoms with E-state index in [9.17, 15) is 23.1 Å². The Morgan fingerprint density at radius 2 is 2.12 bits per heavy atom. The molecule has 6 nitrogen and oxygen atoms in total. The van der Waals surface area contributed by atoms with Crippen LogP contribution in [0.5, 0.6) is 5.75 Å². The predicted octanol–water partition coefficient (Wildman–Crippen LogP) is 3.79. The molecular formula is C15H14F3N3O3. The standard InChI is InChI=1S/C15H14F3N3O3/c16-15(17,18)24-13-6-2-1-4-9(13)10-8-11(20-19-10)12-5-3-7-21(12)14(22)23/h1-2,4,6,8,12H,3,5,7H2,(H,19,20)(H,22,23)/t12-/m0/s1. The monoisotopic (exact) mass is 341 g/mol. The van der Waals surface area contributed by atoms with Gasteiger partial charge in [-0.05, 0) is 31.0 Å². The van der Waals surface area contributed by atoms with Crippen molar-refractivity contribution in [3.05, 3.63) is 36.0 Å². The van der Waals surface area contributed by atoms with E-state index < -0.39 is 12.5 Å². The Kier molecular flexibility index (Phi) is 4.08. The van der Waals surface area contributed by atoms with Crippen molar-refractivity contribution in [3.8, 4) is 17.0 Å². The number of halogens is 3. The minimum Gasteiger partial charge on any atom is -0.465 e. The molecule has 3 rings (SSSR count). The number of alkyl halides is 3. The van der Waals surface area contributed by atoms with E-state index >= 15 is 0 Å². The summed E-state index contributed by atoms with van der Waals surface area (Å²) in [5.41, 5.74) is 0.992. The van der Waals surface area contributed by atoms with Gasteiger partial charge in [0.25, 0.3) is 0 Å². The maximum Gasteiger partial charge on any atom is 0.573 e. The lowest BCUT2D eigenvalue weighted by atomic mass is 10.1. The SMILES string of the molecule is O=C(O)N1CCC[C@H]1c1cc(-c2ccccc2OC(F)(F)F)n[nH]1. The molecule has 1 amide bonds. The van der Waals surface area contributed by atoms with Gasteiger partial charge in [-0.3, -0.25) is 10.00 Å². The van der Waals surface area contributed by atoms with Crippen molar-refractivity contribution in [3.63, 3.8) is 0 Å². The van der Waals surface area contributed by atoms with E-state index in [4.69, 9.17) is 0 Å². The summed E-state index contributed by atoms with van der Waals surface area (Å²) < 4.78 is 41.5. The number of benzene rings is 1. The van der Waals surface area contributed by atoms with Crippen LogP contribution < -0.4 is 4.74 Å². The number of ether oxygens (including phenoxy) is 1. The van der Waals surface area contributed by atoms with E-state index in [1.807, 2.05) is 0 Å². The molecule has 2 heterocycles. The number of nitrogens with one attached hydrogen (secondary N) is 1. The second-order valence-corrected chi connectivity index (χ2v) is 5.39. The second kappa shape index (κ2) is 6.06. The summed E-state index contributed by atoms with van der Waals surface area (Å²) in [5.74, 6) is -0.357. The zero-order valence-electron chi connectivity index (χ0n) is 12.4. The lowest BCUT2D eigenvalue weighted by molar-refractivity contribution is -0.274. The highest BCUT2D eigenvalue weighted by Crippen LogP contribution is 2.36. The van der Waals surface area contributed by atoms with Crippen molar-refractivity contribution >= 4 is 6.09 Å². The van der Waals surface area contributed by atoms with Gasteiger partial charge in [-0.1, -0.05) is 12.1 Å². The Labute approximate surface area is 134 Å². The topological polar surface area (TPSA) is 78.4 Å². The number of aromatic amines is 1. The number of aromatic nitrogens is 2.